The first-order chi connectivity index (χ1) is 16.3. The number of aliphatic imine (C=N–C) groups is 1. The van der Waals surface area contributed by atoms with Gasteiger partial charge in [-0.15, -0.1) is 0 Å². The Labute approximate surface area is 195 Å². The van der Waals surface area contributed by atoms with Crippen LogP contribution in [0.15, 0.2) is 89.9 Å². The first-order valence-electron chi connectivity index (χ1n) is 11.2. The Kier molecular flexibility index (Phi) is 7.02. The normalized spacial score (nSPS) is 10.9. The van der Waals surface area contributed by atoms with Crippen molar-refractivity contribution >= 4 is 12.0 Å². The lowest BCUT2D eigenvalue weighted by Crippen LogP contribution is -2.00. The van der Waals surface area contributed by atoms with Gasteiger partial charge in [-0.25, -0.2) is 4.99 Å². The zero-order chi connectivity index (χ0) is 23.0. The second kappa shape index (κ2) is 10.5. The van der Waals surface area contributed by atoms with Crippen LogP contribution in [0, 0.1) is 11.3 Å². The van der Waals surface area contributed by atoms with Gasteiger partial charge in [-0.05, 0) is 35.2 Å². The number of unbranched alkanes of at least 4 members (excludes halogenated alkanes) is 1. The van der Waals surface area contributed by atoms with Gasteiger partial charge in [0.2, 0.25) is 0 Å². The standard InChI is InChI=1S/C29H27N3O/c1-3-4-18-32-28(24-15-9-6-10-16-24)27(23-13-7-5-8-14-23)26(20-30)29(32)31-21-22-12-11-17-25(19-22)33-2/h5-17,19,21H,3-4,18H2,1-2H3/b31-21+. The summed E-state index contributed by atoms with van der Waals surface area (Å²) in [6.45, 7) is 2.96. The highest BCUT2D eigenvalue weighted by Gasteiger charge is 2.24. The summed E-state index contributed by atoms with van der Waals surface area (Å²) in [5.41, 5.74) is 5.56. The van der Waals surface area contributed by atoms with Crippen LogP contribution >= 0.6 is 0 Å². The molecule has 4 heteroatoms. The minimum Gasteiger partial charge on any atom is -0.497 e. The van der Waals surface area contributed by atoms with Crippen LogP contribution in [0.5, 0.6) is 5.75 Å². The Morgan fingerprint density at radius 2 is 1.64 bits per heavy atom. The maximum absolute atomic E-state index is 10.3. The predicted molar refractivity (Wildman–Crippen MR) is 135 cm³/mol. The highest BCUT2D eigenvalue weighted by atomic mass is 16.5. The molecule has 0 saturated carbocycles. The Morgan fingerprint density at radius 3 is 2.27 bits per heavy atom. The van der Waals surface area contributed by atoms with E-state index < -0.39 is 0 Å². The molecule has 0 bridgehead atoms. The van der Waals surface area contributed by atoms with Crippen molar-refractivity contribution in [2.45, 2.75) is 26.3 Å². The number of ether oxygens (including phenoxy) is 1. The van der Waals surface area contributed by atoms with E-state index in [-0.39, 0.29) is 0 Å². The fraction of sp³-hybridized carbons (Fsp3) is 0.172. The highest BCUT2D eigenvalue weighted by molar-refractivity contribution is 5.92. The fourth-order valence-electron chi connectivity index (χ4n) is 4.02. The highest BCUT2D eigenvalue weighted by Crippen LogP contribution is 2.42. The zero-order valence-electron chi connectivity index (χ0n) is 19.0. The molecule has 0 fully saturated rings. The maximum atomic E-state index is 10.3. The van der Waals surface area contributed by atoms with Crippen LogP contribution in [0.2, 0.25) is 0 Å². The summed E-state index contributed by atoms with van der Waals surface area (Å²) < 4.78 is 7.55. The number of nitrogens with zero attached hydrogens (tertiary/aromatic N) is 3. The molecule has 0 N–H and O–H groups in total. The molecule has 4 aromatic rings. The molecule has 1 heterocycles. The van der Waals surface area contributed by atoms with Gasteiger partial charge in [0.05, 0.1) is 12.8 Å². The predicted octanol–water partition coefficient (Wildman–Crippen LogP) is 7.25. The molecule has 0 spiro atoms. The van der Waals surface area contributed by atoms with Gasteiger partial charge in [0.25, 0.3) is 0 Å². The van der Waals surface area contributed by atoms with Crippen LogP contribution in [0.4, 0.5) is 5.82 Å². The molecule has 0 atom stereocenters. The van der Waals surface area contributed by atoms with E-state index in [0.29, 0.717) is 11.4 Å². The third-order valence-corrected chi connectivity index (χ3v) is 5.62. The summed E-state index contributed by atoms with van der Waals surface area (Å²) in [6.07, 6.45) is 3.86. The van der Waals surface area contributed by atoms with E-state index >= 15 is 0 Å². The molecule has 0 aliphatic carbocycles. The molecule has 164 valence electrons. The molecule has 0 radical (unpaired) electrons. The van der Waals surface area contributed by atoms with Crippen LogP contribution in [0.3, 0.4) is 0 Å². The molecule has 0 amide bonds. The van der Waals surface area contributed by atoms with Gasteiger partial charge >= 0.3 is 0 Å². The Bertz CT molecular complexity index is 1280. The van der Waals surface area contributed by atoms with Gasteiger partial charge in [0, 0.05) is 18.3 Å². The molecule has 0 unspecified atom stereocenters. The summed E-state index contributed by atoms with van der Waals surface area (Å²) in [6, 6.07) is 30.6. The van der Waals surface area contributed by atoms with Crippen LogP contribution < -0.4 is 4.74 Å². The van der Waals surface area contributed by atoms with E-state index in [0.717, 1.165) is 53.1 Å². The van der Waals surface area contributed by atoms with Gasteiger partial charge in [0.1, 0.15) is 17.4 Å². The minimum absolute atomic E-state index is 0.593. The SMILES string of the molecule is CCCCn1c(/N=C/c2cccc(OC)c2)c(C#N)c(-c2ccccc2)c1-c1ccccc1. The topological polar surface area (TPSA) is 50.3 Å². The Morgan fingerprint density at radius 1 is 0.939 bits per heavy atom. The number of rotatable bonds is 8. The molecule has 0 aliphatic heterocycles. The number of hydrogen-bond donors (Lipinski definition) is 0. The van der Waals surface area contributed by atoms with E-state index in [9.17, 15) is 5.26 Å². The largest absolute Gasteiger partial charge is 0.497 e. The van der Waals surface area contributed by atoms with Crippen molar-refractivity contribution in [2.75, 3.05) is 7.11 Å². The number of benzene rings is 3. The number of aromatic nitrogens is 1. The van der Waals surface area contributed by atoms with Crippen LogP contribution in [-0.4, -0.2) is 17.9 Å². The molecule has 0 saturated heterocycles. The quantitative estimate of drug-likeness (QED) is 0.275. The average Bonchev–Trinajstić information content (AvgIpc) is 3.20. The fourth-order valence-corrected chi connectivity index (χ4v) is 4.02. The van der Waals surface area contributed by atoms with Crippen molar-refractivity contribution in [1.29, 1.82) is 5.26 Å². The molecular formula is C29H27N3O. The average molecular weight is 434 g/mol. The van der Waals surface area contributed by atoms with Crippen molar-refractivity contribution in [1.82, 2.24) is 4.57 Å². The van der Waals surface area contributed by atoms with E-state index in [1.54, 1.807) is 7.11 Å². The number of nitriles is 1. The number of methoxy groups -OCH3 is 1. The molecule has 3 aromatic carbocycles. The molecule has 4 nitrogen and oxygen atoms in total. The van der Waals surface area contributed by atoms with Crippen LogP contribution in [-0.2, 0) is 6.54 Å². The Balaban J connectivity index is 1.98. The van der Waals surface area contributed by atoms with E-state index in [4.69, 9.17) is 9.73 Å². The summed E-state index contributed by atoms with van der Waals surface area (Å²) in [4.78, 5) is 4.87. The molecule has 33 heavy (non-hydrogen) atoms. The summed E-state index contributed by atoms with van der Waals surface area (Å²) >= 11 is 0. The second-order valence-corrected chi connectivity index (χ2v) is 7.81. The van der Waals surface area contributed by atoms with Gasteiger partial charge < -0.3 is 9.30 Å². The molecular weight excluding hydrogens is 406 g/mol. The van der Waals surface area contributed by atoms with E-state index in [2.05, 4.69) is 41.8 Å². The lowest BCUT2D eigenvalue weighted by Gasteiger charge is -2.13. The Hall–Kier alpha value is -4.10. The van der Waals surface area contributed by atoms with Gasteiger partial charge in [-0.1, -0.05) is 86.1 Å². The van der Waals surface area contributed by atoms with Crippen molar-refractivity contribution in [3.05, 3.63) is 96.1 Å². The first-order valence-corrected chi connectivity index (χ1v) is 11.2. The van der Waals surface area contributed by atoms with Crippen LogP contribution in [0.1, 0.15) is 30.9 Å². The zero-order valence-corrected chi connectivity index (χ0v) is 19.0. The number of hydrogen-bond acceptors (Lipinski definition) is 3. The van der Waals surface area contributed by atoms with Gasteiger partial charge in [-0.3, -0.25) is 0 Å². The van der Waals surface area contributed by atoms with E-state index in [1.807, 2.05) is 66.9 Å². The van der Waals surface area contributed by atoms with Crippen molar-refractivity contribution < 1.29 is 4.74 Å². The summed E-state index contributed by atoms with van der Waals surface area (Å²) in [5.74, 6) is 1.46. The third kappa shape index (κ3) is 4.73. The molecule has 4 rings (SSSR count). The first kappa shape index (κ1) is 22.1. The second-order valence-electron chi connectivity index (χ2n) is 7.81. The third-order valence-electron chi connectivity index (χ3n) is 5.62. The molecule has 1 aromatic heterocycles. The summed E-state index contributed by atoms with van der Waals surface area (Å²) in [5, 5.41) is 10.3. The van der Waals surface area contributed by atoms with Crippen molar-refractivity contribution in [3.63, 3.8) is 0 Å². The lowest BCUT2D eigenvalue weighted by atomic mass is 9.98. The summed E-state index contributed by atoms with van der Waals surface area (Å²) in [7, 11) is 1.65. The van der Waals surface area contributed by atoms with Gasteiger partial charge in [0.15, 0.2) is 5.82 Å². The smallest absolute Gasteiger partial charge is 0.151 e. The van der Waals surface area contributed by atoms with E-state index in [1.165, 1.54) is 0 Å². The van der Waals surface area contributed by atoms with Crippen molar-refractivity contribution in [3.8, 4) is 34.2 Å². The van der Waals surface area contributed by atoms with Crippen molar-refractivity contribution in [2.24, 2.45) is 4.99 Å². The monoisotopic (exact) mass is 433 g/mol. The maximum Gasteiger partial charge on any atom is 0.151 e. The minimum atomic E-state index is 0.593. The van der Waals surface area contributed by atoms with Crippen LogP contribution in [0.25, 0.3) is 22.4 Å². The van der Waals surface area contributed by atoms with Gasteiger partial charge in [-0.2, -0.15) is 5.26 Å². The molecule has 0 aliphatic rings. The lowest BCUT2D eigenvalue weighted by molar-refractivity contribution is 0.415.